The summed E-state index contributed by atoms with van der Waals surface area (Å²) < 4.78 is 4.79. The lowest BCUT2D eigenvalue weighted by Crippen LogP contribution is -2.20. The molecule has 0 atom stereocenters. The standard InChI is InChI=1S/C13H8Cl2N2O5S/c14-7-1-2-8(15)9(5-7)16-11(18)6-22-13(19)10-3-4-12(23-10)17(20)21/h1-5H,6H2,(H,16,18). The van der Waals surface area contributed by atoms with Gasteiger partial charge >= 0.3 is 11.0 Å². The van der Waals surface area contributed by atoms with Crippen LogP contribution in [-0.2, 0) is 9.53 Å². The Kier molecular flexibility index (Phi) is 5.54. The minimum Gasteiger partial charge on any atom is -0.451 e. The zero-order chi connectivity index (χ0) is 17.0. The Labute approximate surface area is 143 Å². The van der Waals surface area contributed by atoms with Gasteiger partial charge in [0.05, 0.1) is 15.6 Å². The number of nitrogens with one attached hydrogen (secondary N) is 1. The molecule has 1 aromatic heterocycles. The molecule has 23 heavy (non-hydrogen) atoms. The first kappa shape index (κ1) is 17.2. The summed E-state index contributed by atoms with van der Waals surface area (Å²) in [4.78, 5) is 33.4. The molecule has 1 heterocycles. The summed E-state index contributed by atoms with van der Waals surface area (Å²) in [5.74, 6) is -1.44. The quantitative estimate of drug-likeness (QED) is 0.487. The second-order valence-corrected chi connectivity index (χ2v) is 6.05. The number of nitrogens with zero attached hydrogens (tertiary/aromatic N) is 1. The Balaban J connectivity index is 1.92. The molecule has 0 aliphatic heterocycles. The molecule has 0 unspecified atom stereocenters. The molecule has 0 aliphatic carbocycles. The molecule has 2 aromatic rings. The SMILES string of the molecule is O=C(COC(=O)c1ccc([N+](=O)[O-])s1)Nc1cc(Cl)ccc1Cl. The molecule has 10 heteroatoms. The molecule has 1 amide bonds. The summed E-state index contributed by atoms with van der Waals surface area (Å²) in [6.07, 6.45) is 0. The third-order valence-electron chi connectivity index (χ3n) is 2.51. The highest BCUT2D eigenvalue weighted by Crippen LogP contribution is 2.26. The molecular formula is C13H8Cl2N2O5S. The number of esters is 1. The molecule has 0 saturated carbocycles. The van der Waals surface area contributed by atoms with E-state index in [9.17, 15) is 19.7 Å². The number of nitro groups is 1. The molecule has 0 aliphatic rings. The van der Waals surface area contributed by atoms with Crippen LogP contribution < -0.4 is 5.32 Å². The number of thiophene rings is 1. The molecule has 1 aromatic carbocycles. The minimum atomic E-state index is -0.824. The van der Waals surface area contributed by atoms with Crippen LogP contribution in [0.1, 0.15) is 9.67 Å². The van der Waals surface area contributed by atoms with Gasteiger partial charge < -0.3 is 10.1 Å². The summed E-state index contributed by atoms with van der Waals surface area (Å²) in [5.41, 5.74) is 0.284. The zero-order valence-corrected chi connectivity index (χ0v) is 13.6. The van der Waals surface area contributed by atoms with Gasteiger partial charge in [0.15, 0.2) is 6.61 Å². The number of ether oxygens (including phenoxy) is 1. The van der Waals surface area contributed by atoms with Gasteiger partial charge in [-0.15, -0.1) is 0 Å². The maximum absolute atomic E-state index is 11.7. The first-order valence-corrected chi connectivity index (χ1v) is 7.60. The lowest BCUT2D eigenvalue weighted by Gasteiger charge is -2.07. The second-order valence-electron chi connectivity index (χ2n) is 4.14. The molecule has 0 bridgehead atoms. The topological polar surface area (TPSA) is 98.5 Å². The van der Waals surface area contributed by atoms with Crippen LogP contribution in [0, 0.1) is 10.1 Å². The zero-order valence-electron chi connectivity index (χ0n) is 11.2. The van der Waals surface area contributed by atoms with E-state index in [-0.39, 0.29) is 20.6 Å². The molecular weight excluding hydrogens is 367 g/mol. The average molecular weight is 375 g/mol. The highest BCUT2D eigenvalue weighted by Gasteiger charge is 2.17. The second kappa shape index (κ2) is 7.40. The van der Waals surface area contributed by atoms with E-state index >= 15 is 0 Å². The van der Waals surface area contributed by atoms with Crippen LogP contribution in [0.4, 0.5) is 10.7 Å². The Hall–Kier alpha value is -2.16. The van der Waals surface area contributed by atoms with Crippen LogP contribution in [0.3, 0.4) is 0 Å². The average Bonchev–Trinajstić information content (AvgIpc) is 2.99. The van der Waals surface area contributed by atoms with Gasteiger partial charge in [-0.05, 0) is 24.3 Å². The van der Waals surface area contributed by atoms with Gasteiger partial charge in [-0.2, -0.15) is 0 Å². The molecule has 0 saturated heterocycles. The van der Waals surface area contributed by atoms with Crippen LogP contribution in [0.15, 0.2) is 30.3 Å². The summed E-state index contributed by atoms with van der Waals surface area (Å²) in [6.45, 7) is -0.562. The number of carbonyl (C=O) groups excluding carboxylic acids is 2. The molecule has 7 nitrogen and oxygen atoms in total. The minimum absolute atomic E-state index is 0.0327. The fourth-order valence-corrected chi connectivity index (χ4v) is 2.57. The lowest BCUT2D eigenvalue weighted by atomic mass is 10.3. The van der Waals surface area contributed by atoms with Crippen LogP contribution >= 0.6 is 34.5 Å². The van der Waals surface area contributed by atoms with E-state index in [1.807, 2.05) is 0 Å². The van der Waals surface area contributed by atoms with Crippen molar-refractivity contribution in [3.05, 3.63) is 55.4 Å². The summed E-state index contributed by atoms with van der Waals surface area (Å²) >= 11 is 12.3. The predicted octanol–water partition coefficient (Wildman–Crippen LogP) is 3.76. The maximum atomic E-state index is 11.7. The number of halogens is 2. The van der Waals surface area contributed by atoms with Crippen LogP contribution in [0.5, 0.6) is 0 Å². The maximum Gasteiger partial charge on any atom is 0.349 e. The van der Waals surface area contributed by atoms with Crippen molar-refractivity contribution < 1.29 is 19.2 Å². The van der Waals surface area contributed by atoms with Crippen LogP contribution in [0.2, 0.25) is 10.0 Å². The highest BCUT2D eigenvalue weighted by atomic mass is 35.5. The van der Waals surface area contributed by atoms with Gasteiger partial charge in [0.1, 0.15) is 4.88 Å². The Bertz CT molecular complexity index is 777. The number of hydrogen-bond acceptors (Lipinski definition) is 6. The largest absolute Gasteiger partial charge is 0.451 e. The summed E-state index contributed by atoms with van der Waals surface area (Å²) in [6, 6.07) is 6.97. The molecule has 120 valence electrons. The fourth-order valence-electron chi connectivity index (χ4n) is 1.52. The van der Waals surface area contributed by atoms with E-state index in [4.69, 9.17) is 27.9 Å². The Morgan fingerprint density at radius 1 is 1.26 bits per heavy atom. The Morgan fingerprint density at radius 2 is 2.00 bits per heavy atom. The van der Waals surface area contributed by atoms with Gasteiger partial charge in [-0.1, -0.05) is 34.5 Å². The number of anilines is 1. The molecule has 2 rings (SSSR count). The monoisotopic (exact) mass is 374 g/mol. The number of rotatable bonds is 5. The van der Waals surface area contributed by atoms with Crippen molar-refractivity contribution in [2.45, 2.75) is 0 Å². The molecule has 0 spiro atoms. The third-order valence-corrected chi connectivity index (χ3v) is 4.09. The molecule has 0 radical (unpaired) electrons. The first-order chi connectivity index (χ1) is 10.9. The van der Waals surface area contributed by atoms with Crippen molar-refractivity contribution in [1.29, 1.82) is 0 Å². The van der Waals surface area contributed by atoms with Crippen molar-refractivity contribution in [2.75, 3.05) is 11.9 Å². The van der Waals surface area contributed by atoms with Crippen molar-refractivity contribution in [2.24, 2.45) is 0 Å². The van der Waals surface area contributed by atoms with Gasteiger partial charge in [0.25, 0.3) is 5.91 Å². The molecule has 1 N–H and O–H groups in total. The highest BCUT2D eigenvalue weighted by molar-refractivity contribution is 7.17. The van der Waals surface area contributed by atoms with E-state index < -0.39 is 23.4 Å². The summed E-state index contributed by atoms with van der Waals surface area (Å²) in [5, 5.41) is 13.5. The Morgan fingerprint density at radius 3 is 2.65 bits per heavy atom. The van der Waals surface area contributed by atoms with Crippen molar-refractivity contribution >= 4 is 57.1 Å². The van der Waals surface area contributed by atoms with E-state index in [0.717, 1.165) is 0 Å². The van der Waals surface area contributed by atoms with E-state index in [1.165, 1.54) is 24.3 Å². The van der Waals surface area contributed by atoms with E-state index in [0.29, 0.717) is 16.4 Å². The smallest absolute Gasteiger partial charge is 0.349 e. The van der Waals surface area contributed by atoms with Crippen molar-refractivity contribution in [1.82, 2.24) is 0 Å². The summed E-state index contributed by atoms with van der Waals surface area (Å²) in [7, 11) is 0. The predicted molar refractivity (Wildman–Crippen MR) is 86.3 cm³/mol. The van der Waals surface area contributed by atoms with Gasteiger partial charge in [-0.25, -0.2) is 4.79 Å². The number of hydrogen-bond donors (Lipinski definition) is 1. The van der Waals surface area contributed by atoms with Crippen molar-refractivity contribution in [3.8, 4) is 0 Å². The first-order valence-electron chi connectivity index (χ1n) is 6.03. The van der Waals surface area contributed by atoms with Gasteiger partial charge in [0.2, 0.25) is 0 Å². The number of benzene rings is 1. The normalized spacial score (nSPS) is 10.2. The van der Waals surface area contributed by atoms with E-state index in [1.54, 1.807) is 6.07 Å². The lowest BCUT2D eigenvalue weighted by molar-refractivity contribution is -0.380. The fraction of sp³-hybridized carbons (Fsp3) is 0.0769. The third kappa shape index (κ3) is 4.65. The van der Waals surface area contributed by atoms with Gasteiger partial charge in [-0.3, -0.25) is 14.9 Å². The van der Waals surface area contributed by atoms with E-state index in [2.05, 4.69) is 5.32 Å². The van der Waals surface area contributed by atoms with Crippen molar-refractivity contribution in [3.63, 3.8) is 0 Å². The van der Waals surface area contributed by atoms with Crippen LogP contribution in [-0.4, -0.2) is 23.4 Å². The number of carbonyl (C=O) groups is 2. The van der Waals surface area contributed by atoms with Gasteiger partial charge in [0, 0.05) is 11.1 Å². The molecule has 0 fully saturated rings. The van der Waals surface area contributed by atoms with Crippen LogP contribution in [0.25, 0.3) is 0 Å². The number of amides is 1.